The van der Waals surface area contributed by atoms with Gasteiger partial charge in [0.2, 0.25) is 0 Å². The molecule has 0 radical (unpaired) electrons. The second-order valence-electron chi connectivity index (χ2n) is 5.08. The molecule has 4 N–H and O–H groups in total. The van der Waals surface area contributed by atoms with Crippen LogP contribution in [0.4, 0.5) is 5.69 Å². The average Bonchev–Trinajstić information content (AvgIpc) is 2.37. The van der Waals surface area contributed by atoms with Crippen molar-refractivity contribution in [1.82, 2.24) is 5.32 Å². The number of carboxylic acids is 1. The monoisotopic (exact) mass is 296 g/mol. The van der Waals surface area contributed by atoms with E-state index in [0.717, 1.165) is 12.8 Å². The summed E-state index contributed by atoms with van der Waals surface area (Å²) >= 11 is 5.86. The molecule has 0 saturated heterocycles. The number of aliphatic carboxylic acids is 1. The molecule has 0 spiro atoms. The van der Waals surface area contributed by atoms with Crippen molar-refractivity contribution >= 4 is 29.2 Å². The Hall–Kier alpha value is -1.75. The van der Waals surface area contributed by atoms with Crippen molar-refractivity contribution in [2.45, 2.75) is 31.7 Å². The number of nitrogens with one attached hydrogen (secondary N) is 1. The van der Waals surface area contributed by atoms with Gasteiger partial charge in [-0.1, -0.05) is 24.4 Å². The normalized spacial score (nSPS) is 22.2. The average molecular weight is 297 g/mol. The first-order valence-corrected chi connectivity index (χ1v) is 6.95. The Balaban J connectivity index is 2.11. The van der Waals surface area contributed by atoms with Crippen molar-refractivity contribution in [2.75, 3.05) is 5.73 Å². The highest BCUT2D eigenvalue weighted by atomic mass is 35.5. The number of carboxylic acid groups (broad SMARTS) is 1. The number of hydrogen-bond acceptors (Lipinski definition) is 3. The molecule has 108 valence electrons. The fourth-order valence-electron chi connectivity index (χ4n) is 2.59. The van der Waals surface area contributed by atoms with E-state index in [2.05, 4.69) is 5.32 Å². The fraction of sp³-hybridized carbons (Fsp3) is 0.429. The van der Waals surface area contributed by atoms with Crippen LogP contribution in [0.3, 0.4) is 0 Å². The summed E-state index contributed by atoms with van der Waals surface area (Å²) in [6.45, 7) is 0. The molecule has 2 unspecified atom stereocenters. The number of hydrogen-bond donors (Lipinski definition) is 3. The van der Waals surface area contributed by atoms with Crippen LogP contribution in [0.25, 0.3) is 0 Å². The van der Waals surface area contributed by atoms with Gasteiger partial charge in [0.15, 0.2) is 0 Å². The number of rotatable bonds is 3. The van der Waals surface area contributed by atoms with Gasteiger partial charge < -0.3 is 16.2 Å². The molecular weight excluding hydrogens is 280 g/mol. The SMILES string of the molecule is Nc1cc(Cl)cc(C(=O)NC2CCCCC2C(=O)O)c1. The van der Waals surface area contributed by atoms with Crippen LogP contribution >= 0.6 is 11.6 Å². The van der Waals surface area contributed by atoms with Gasteiger partial charge in [0.1, 0.15) is 0 Å². The second kappa shape index (κ2) is 6.13. The Kier molecular flexibility index (Phi) is 4.49. The van der Waals surface area contributed by atoms with Crippen molar-refractivity contribution in [2.24, 2.45) is 5.92 Å². The summed E-state index contributed by atoms with van der Waals surface area (Å²) in [5.41, 5.74) is 6.40. The highest BCUT2D eigenvalue weighted by Gasteiger charge is 2.32. The van der Waals surface area contributed by atoms with Gasteiger partial charge in [0.25, 0.3) is 5.91 Å². The third kappa shape index (κ3) is 3.42. The van der Waals surface area contributed by atoms with Gasteiger partial charge in [-0.2, -0.15) is 0 Å². The summed E-state index contributed by atoms with van der Waals surface area (Å²) in [6, 6.07) is 4.26. The number of amides is 1. The Morgan fingerprint density at radius 3 is 2.60 bits per heavy atom. The van der Waals surface area contributed by atoms with Crippen molar-refractivity contribution in [3.63, 3.8) is 0 Å². The Labute approximate surface area is 122 Å². The van der Waals surface area contributed by atoms with Gasteiger partial charge in [0.05, 0.1) is 5.92 Å². The fourth-order valence-corrected chi connectivity index (χ4v) is 2.84. The van der Waals surface area contributed by atoms with E-state index in [1.165, 1.54) is 12.1 Å². The highest BCUT2D eigenvalue weighted by molar-refractivity contribution is 6.31. The first kappa shape index (κ1) is 14.7. The molecule has 0 heterocycles. The largest absolute Gasteiger partial charge is 0.481 e. The minimum absolute atomic E-state index is 0.336. The zero-order valence-electron chi connectivity index (χ0n) is 10.9. The standard InChI is InChI=1S/C14H17ClN2O3/c15-9-5-8(6-10(16)7-9)13(18)17-12-4-2-1-3-11(12)14(19)20/h5-7,11-12H,1-4,16H2,(H,17,18)(H,19,20). The molecule has 1 aliphatic carbocycles. The molecule has 1 fully saturated rings. The molecule has 1 saturated carbocycles. The van der Waals surface area contributed by atoms with Crippen LogP contribution in [0.2, 0.25) is 5.02 Å². The van der Waals surface area contributed by atoms with Gasteiger partial charge in [-0.25, -0.2) is 0 Å². The molecule has 1 aromatic carbocycles. The molecule has 0 aromatic heterocycles. The number of halogens is 1. The molecule has 1 amide bonds. The maximum atomic E-state index is 12.2. The van der Waals surface area contributed by atoms with Crippen LogP contribution in [0.1, 0.15) is 36.0 Å². The molecule has 1 aliphatic rings. The van der Waals surface area contributed by atoms with Crippen molar-refractivity contribution < 1.29 is 14.7 Å². The number of nitrogen functional groups attached to an aromatic ring is 1. The van der Waals surface area contributed by atoms with E-state index in [-0.39, 0.29) is 11.9 Å². The predicted molar refractivity (Wildman–Crippen MR) is 76.7 cm³/mol. The third-order valence-electron chi connectivity index (χ3n) is 3.58. The van der Waals surface area contributed by atoms with Crippen LogP contribution in [0.5, 0.6) is 0 Å². The quantitative estimate of drug-likeness (QED) is 0.746. The molecule has 6 heteroatoms. The van der Waals surface area contributed by atoms with E-state index in [9.17, 15) is 14.7 Å². The van der Waals surface area contributed by atoms with E-state index in [4.69, 9.17) is 17.3 Å². The Bertz CT molecular complexity index is 513. The minimum Gasteiger partial charge on any atom is -0.481 e. The lowest BCUT2D eigenvalue weighted by molar-refractivity contribution is -0.143. The molecule has 1 aromatic rings. The minimum atomic E-state index is -0.861. The summed E-state index contributed by atoms with van der Waals surface area (Å²) < 4.78 is 0. The van der Waals surface area contributed by atoms with Crippen LogP contribution in [-0.2, 0) is 4.79 Å². The molecule has 2 rings (SSSR count). The predicted octanol–water partition coefficient (Wildman–Crippen LogP) is 2.30. The van der Waals surface area contributed by atoms with Crippen LogP contribution < -0.4 is 11.1 Å². The number of nitrogens with two attached hydrogens (primary N) is 1. The zero-order valence-corrected chi connectivity index (χ0v) is 11.7. The van der Waals surface area contributed by atoms with Gasteiger partial charge in [-0.15, -0.1) is 0 Å². The third-order valence-corrected chi connectivity index (χ3v) is 3.80. The van der Waals surface area contributed by atoms with Crippen molar-refractivity contribution in [3.05, 3.63) is 28.8 Å². The van der Waals surface area contributed by atoms with E-state index in [0.29, 0.717) is 29.1 Å². The number of anilines is 1. The van der Waals surface area contributed by atoms with E-state index in [1.54, 1.807) is 6.07 Å². The highest BCUT2D eigenvalue weighted by Crippen LogP contribution is 2.25. The summed E-state index contributed by atoms with van der Waals surface area (Å²) in [7, 11) is 0. The molecule has 20 heavy (non-hydrogen) atoms. The molecule has 5 nitrogen and oxygen atoms in total. The topological polar surface area (TPSA) is 92.4 Å². The summed E-state index contributed by atoms with van der Waals surface area (Å²) in [5, 5.41) is 12.4. The maximum absolute atomic E-state index is 12.2. The number of carbonyl (C=O) groups excluding carboxylic acids is 1. The molecule has 2 atom stereocenters. The molecular formula is C14H17ClN2O3. The Morgan fingerprint density at radius 1 is 1.25 bits per heavy atom. The lowest BCUT2D eigenvalue weighted by Crippen LogP contribution is -2.45. The zero-order chi connectivity index (χ0) is 14.7. The van der Waals surface area contributed by atoms with Gasteiger partial charge >= 0.3 is 5.97 Å². The van der Waals surface area contributed by atoms with Crippen molar-refractivity contribution in [3.8, 4) is 0 Å². The maximum Gasteiger partial charge on any atom is 0.308 e. The summed E-state index contributed by atoms with van der Waals surface area (Å²) in [5.74, 6) is -1.72. The number of benzene rings is 1. The van der Waals surface area contributed by atoms with Gasteiger partial charge in [-0.05, 0) is 31.0 Å². The first-order chi connectivity index (χ1) is 9.47. The van der Waals surface area contributed by atoms with E-state index >= 15 is 0 Å². The lowest BCUT2D eigenvalue weighted by Gasteiger charge is -2.29. The van der Waals surface area contributed by atoms with Gasteiger partial charge in [-0.3, -0.25) is 9.59 Å². The lowest BCUT2D eigenvalue weighted by atomic mass is 9.84. The smallest absolute Gasteiger partial charge is 0.308 e. The molecule has 0 bridgehead atoms. The second-order valence-corrected chi connectivity index (χ2v) is 5.52. The van der Waals surface area contributed by atoms with E-state index < -0.39 is 11.9 Å². The summed E-state index contributed by atoms with van der Waals surface area (Å²) in [6.07, 6.45) is 3.08. The first-order valence-electron chi connectivity index (χ1n) is 6.57. The number of carbonyl (C=O) groups is 2. The van der Waals surface area contributed by atoms with Crippen LogP contribution in [-0.4, -0.2) is 23.0 Å². The van der Waals surface area contributed by atoms with Crippen molar-refractivity contribution in [1.29, 1.82) is 0 Å². The van der Waals surface area contributed by atoms with Gasteiger partial charge in [0, 0.05) is 22.3 Å². The van der Waals surface area contributed by atoms with Crippen LogP contribution in [0.15, 0.2) is 18.2 Å². The van der Waals surface area contributed by atoms with E-state index in [1.807, 2.05) is 0 Å². The Morgan fingerprint density at radius 2 is 1.95 bits per heavy atom. The summed E-state index contributed by atoms with van der Waals surface area (Å²) in [4.78, 5) is 23.4. The molecule has 0 aliphatic heterocycles. The van der Waals surface area contributed by atoms with Crippen LogP contribution in [0, 0.1) is 5.92 Å².